The van der Waals surface area contributed by atoms with Crippen molar-refractivity contribution in [2.75, 3.05) is 19.6 Å². The highest BCUT2D eigenvalue weighted by molar-refractivity contribution is 6.21. The van der Waals surface area contributed by atoms with Crippen molar-refractivity contribution in [1.29, 1.82) is 0 Å². The fourth-order valence-corrected chi connectivity index (χ4v) is 2.94. The molecule has 1 atom stereocenters. The number of piperidine rings is 1. The van der Waals surface area contributed by atoms with E-state index in [2.05, 4.69) is 5.32 Å². The first-order valence-electron chi connectivity index (χ1n) is 7.13. The van der Waals surface area contributed by atoms with E-state index in [1.54, 1.807) is 24.3 Å². The van der Waals surface area contributed by atoms with Crippen LogP contribution in [0.4, 0.5) is 4.39 Å². The van der Waals surface area contributed by atoms with E-state index in [0.717, 1.165) is 18.0 Å². The molecule has 2 aliphatic heterocycles. The maximum atomic E-state index is 14.5. The molecule has 110 valence electrons. The quantitative estimate of drug-likeness (QED) is 0.848. The predicted molar refractivity (Wildman–Crippen MR) is 76.6 cm³/mol. The summed E-state index contributed by atoms with van der Waals surface area (Å²) in [6, 6.07) is 6.62. The molecule has 2 heterocycles. The second kappa shape index (κ2) is 5.41. The summed E-state index contributed by atoms with van der Waals surface area (Å²) in [4.78, 5) is 25.4. The van der Waals surface area contributed by atoms with Gasteiger partial charge in [-0.3, -0.25) is 14.5 Å². The molecule has 2 aliphatic rings. The monoisotopic (exact) mass is 288 g/mol. The predicted octanol–water partition coefficient (Wildman–Crippen LogP) is 2.14. The number of halogens is 1. The van der Waals surface area contributed by atoms with Gasteiger partial charge in [0.1, 0.15) is 5.83 Å². The van der Waals surface area contributed by atoms with E-state index in [1.807, 2.05) is 6.92 Å². The van der Waals surface area contributed by atoms with Crippen LogP contribution >= 0.6 is 0 Å². The zero-order chi connectivity index (χ0) is 15.0. The van der Waals surface area contributed by atoms with E-state index in [4.69, 9.17) is 0 Å². The number of imide groups is 1. The number of carbonyl (C=O) groups is 2. The number of carbonyl (C=O) groups excluding carboxylic acids is 2. The molecule has 4 nitrogen and oxygen atoms in total. The number of amides is 2. The van der Waals surface area contributed by atoms with Crippen molar-refractivity contribution in [3.8, 4) is 0 Å². The Bertz CT molecular complexity index is 604. The largest absolute Gasteiger partial charge is 0.316 e. The molecule has 5 heteroatoms. The van der Waals surface area contributed by atoms with Gasteiger partial charge in [0.15, 0.2) is 0 Å². The summed E-state index contributed by atoms with van der Waals surface area (Å²) >= 11 is 0. The second-order valence-electron chi connectivity index (χ2n) is 5.53. The SMILES string of the molecule is CC1CNCCC1=C(F)CN1C(=O)c2ccccc2C1=O. The first-order chi connectivity index (χ1) is 10.1. The smallest absolute Gasteiger partial charge is 0.261 e. The van der Waals surface area contributed by atoms with Crippen LogP contribution in [0, 0.1) is 5.92 Å². The van der Waals surface area contributed by atoms with Gasteiger partial charge in [-0.1, -0.05) is 19.1 Å². The van der Waals surface area contributed by atoms with Crippen molar-refractivity contribution >= 4 is 11.8 Å². The minimum absolute atomic E-state index is 0.0916. The lowest BCUT2D eigenvalue weighted by Gasteiger charge is -2.24. The number of nitrogens with one attached hydrogen (secondary N) is 1. The molecule has 1 fully saturated rings. The Balaban J connectivity index is 1.85. The third-order valence-electron chi connectivity index (χ3n) is 4.14. The second-order valence-corrected chi connectivity index (χ2v) is 5.53. The first-order valence-corrected chi connectivity index (χ1v) is 7.13. The van der Waals surface area contributed by atoms with Crippen molar-refractivity contribution in [1.82, 2.24) is 10.2 Å². The van der Waals surface area contributed by atoms with Gasteiger partial charge in [-0.15, -0.1) is 0 Å². The number of fused-ring (bicyclic) bond motifs is 1. The van der Waals surface area contributed by atoms with E-state index in [1.165, 1.54) is 0 Å². The molecular weight excluding hydrogens is 271 g/mol. The summed E-state index contributed by atoms with van der Waals surface area (Å²) in [6.07, 6.45) is 0.621. The van der Waals surface area contributed by atoms with Crippen LogP contribution in [0.5, 0.6) is 0 Å². The van der Waals surface area contributed by atoms with Gasteiger partial charge in [0.2, 0.25) is 0 Å². The van der Waals surface area contributed by atoms with Crippen LogP contribution in [-0.4, -0.2) is 36.3 Å². The molecule has 0 aliphatic carbocycles. The summed E-state index contributed by atoms with van der Waals surface area (Å²) < 4.78 is 14.5. The Morgan fingerprint density at radius 3 is 2.48 bits per heavy atom. The van der Waals surface area contributed by atoms with Crippen molar-refractivity contribution < 1.29 is 14.0 Å². The van der Waals surface area contributed by atoms with Gasteiger partial charge in [-0.2, -0.15) is 0 Å². The van der Waals surface area contributed by atoms with Crippen molar-refractivity contribution in [2.45, 2.75) is 13.3 Å². The van der Waals surface area contributed by atoms with E-state index in [0.29, 0.717) is 23.1 Å². The van der Waals surface area contributed by atoms with Crippen LogP contribution < -0.4 is 5.32 Å². The fraction of sp³-hybridized carbons (Fsp3) is 0.375. The van der Waals surface area contributed by atoms with Crippen molar-refractivity contribution in [3.05, 3.63) is 46.8 Å². The van der Waals surface area contributed by atoms with Gasteiger partial charge >= 0.3 is 0 Å². The Hall–Kier alpha value is -2.01. The van der Waals surface area contributed by atoms with Crippen LogP contribution in [0.25, 0.3) is 0 Å². The van der Waals surface area contributed by atoms with Gasteiger partial charge in [-0.05, 0) is 36.6 Å². The minimum atomic E-state index is -0.409. The molecule has 3 rings (SSSR count). The number of hydrogen-bond acceptors (Lipinski definition) is 3. The summed E-state index contributed by atoms with van der Waals surface area (Å²) in [5.41, 5.74) is 1.43. The van der Waals surface area contributed by atoms with Gasteiger partial charge in [0.25, 0.3) is 11.8 Å². The van der Waals surface area contributed by atoms with Crippen molar-refractivity contribution in [3.63, 3.8) is 0 Å². The molecule has 1 aromatic rings. The molecule has 0 saturated carbocycles. The fourth-order valence-electron chi connectivity index (χ4n) is 2.94. The highest BCUT2D eigenvalue weighted by atomic mass is 19.1. The average Bonchev–Trinajstić information content (AvgIpc) is 2.73. The molecule has 1 saturated heterocycles. The molecule has 1 aromatic carbocycles. The third kappa shape index (κ3) is 2.38. The highest BCUT2D eigenvalue weighted by Crippen LogP contribution is 2.27. The Labute approximate surface area is 122 Å². The summed E-state index contributed by atoms with van der Waals surface area (Å²) in [7, 11) is 0. The third-order valence-corrected chi connectivity index (χ3v) is 4.14. The Kier molecular flexibility index (Phi) is 3.59. The molecule has 0 spiro atoms. The normalized spacial score (nSPS) is 24.3. The van der Waals surface area contributed by atoms with Gasteiger partial charge in [0, 0.05) is 6.54 Å². The van der Waals surface area contributed by atoms with E-state index < -0.39 is 11.8 Å². The van der Waals surface area contributed by atoms with Crippen LogP contribution in [0.3, 0.4) is 0 Å². The highest BCUT2D eigenvalue weighted by Gasteiger charge is 2.36. The Morgan fingerprint density at radius 1 is 1.29 bits per heavy atom. The number of rotatable bonds is 2. The van der Waals surface area contributed by atoms with Crippen LogP contribution in [-0.2, 0) is 0 Å². The van der Waals surface area contributed by atoms with Gasteiger partial charge < -0.3 is 5.32 Å². The lowest BCUT2D eigenvalue weighted by atomic mass is 9.93. The maximum absolute atomic E-state index is 14.5. The lowest BCUT2D eigenvalue weighted by molar-refractivity contribution is 0.0658. The molecule has 2 amide bonds. The lowest BCUT2D eigenvalue weighted by Crippen LogP contribution is -2.34. The van der Waals surface area contributed by atoms with E-state index >= 15 is 0 Å². The van der Waals surface area contributed by atoms with Crippen molar-refractivity contribution in [2.24, 2.45) is 5.92 Å². The van der Waals surface area contributed by atoms with Crippen LogP contribution in [0.2, 0.25) is 0 Å². The summed E-state index contributed by atoms with van der Waals surface area (Å²) in [5, 5.41) is 3.20. The Morgan fingerprint density at radius 2 is 1.90 bits per heavy atom. The van der Waals surface area contributed by atoms with E-state index in [-0.39, 0.29) is 18.3 Å². The minimum Gasteiger partial charge on any atom is -0.316 e. The number of hydrogen-bond donors (Lipinski definition) is 1. The van der Waals surface area contributed by atoms with E-state index in [9.17, 15) is 14.0 Å². The molecular formula is C16H17FN2O2. The molecule has 1 N–H and O–H groups in total. The molecule has 21 heavy (non-hydrogen) atoms. The maximum Gasteiger partial charge on any atom is 0.261 e. The summed E-state index contributed by atoms with van der Waals surface area (Å²) in [6.45, 7) is 3.15. The van der Waals surface area contributed by atoms with Gasteiger partial charge in [0.05, 0.1) is 17.7 Å². The molecule has 0 radical (unpaired) electrons. The summed E-state index contributed by atoms with van der Waals surface area (Å²) in [5.74, 6) is -1.08. The first kappa shape index (κ1) is 13.9. The zero-order valence-electron chi connectivity index (χ0n) is 11.9. The molecule has 1 unspecified atom stereocenters. The molecule has 0 aromatic heterocycles. The standard InChI is InChI=1S/C16H17FN2O2/c1-10-8-18-7-6-11(10)14(17)9-19-15(20)12-4-2-3-5-13(12)16(19)21/h2-5,10,18H,6-9H2,1H3. The van der Waals surface area contributed by atoms with Crippen LogP contribution in [0.1, 0.15) is 34.1 Å². The number of nitrogens with zero attached hydrogens (tertiary/aromatic N) is 1. The topological polar surface area (TPSA) is 49.4 Å². The van der Waals surface area contributed by atoms with Crippen LogP contribution in [0.15, 0.2) is 35.7 Å². The van der Waals surface area contributed by atoms with Gasteiger partial charge in [-0.25, -0.2) is 4.39 Å². The number of benzene rings is 1. The average molecular weight is 288 g/mol. The zero-order valence-corrected chi connectivity index (χ0v) is 11.9. The molecule has 0 bridgehead atoms.